The zero-order valence-corrected chi connectivity index (χ0v) is 11.9. The number of hydrogen-bond acceptors (Lipinski definition) is 5. The van der Waals surface area contributed by atoms with Gasteiger partial charge in [-0.25, -0.2) is 4.98 Å². The molecule has 0 aliphatic heterocycles. The van der Waals surface area contributed by atoms with Crippen LogP contribution in [-0.2, 0) is 24.9 Å². The summed E-state index contributed by atoms with van der Waals surface area (Å²) < 4.78 is 12.6. The van der Waals surface area contributed by atoms with E-state index < -0.39 is 0 Å². The number of aryl methyl sites for hydroxylation is 1. The van der Waals surface area contributed by atoms with Gasteiger partial charge in [0.05, 0.1) is 36.7 Å². The van der Waals surface area contributed by atoms with E-state index in [4.69, 9.17) is 9.47 Å². The van der Waals surface area contributed by atoms with Crippen molar-refractivity contribution in [3.63, 3.8) is 0 Å². The van der Waals surface area contributed by atoms with Gasteiger partial charge in [-0.15, -0.1) is 0 Å². The molecular weight excluding hydrogens is 256 g/mol. The topological polar surface area (TPSA) is 61.2 Å². The van der Waals surface area contributed by atoms with Gasteiger partial charge in [0.15, 0.2) is 0 Å². The lowest BCUT2D eigenvalue weighted by atomic mass is 10.3. The van der Waals surface area contributed by atoms with Crippen LogP contribution in [0.25, 0.3) is 0 Å². The highest BCUT2D eigenvalue weighted by Crippen LogP contribution is 2.11. The van der Waals surface area contributed by atoms with Crippen LogP contribution < -0.4 is 10.1 Å². The van der Waals surface area contributed by atoms with Crippen molar-refractivity contribution in [3.05, 3.63) is 42.2 Å². The maximum Gasteiger partial charge on any atom is 0.138 e. The van der Waals surface area contributed by atoms with E-state index in [-0.39, 0.29) is 0 Å². The first kappa shape index (κ1) is 14.5. The maximum atomic E-state index is 5.67. The molecule has 0 unspecified atom stereocenters. The number of ether oxygens (including phenoxy) is 2. The summed E-state index contributed by atoms with van der Waals surface area (Å²) in [4.78, 5) is 8.39. The van der Waals surface area contributed by atoms with E-state index >= 15 is 0 Å². The highest BCUT2D eigenvalue weighted by Gasteiger charge is 2.01. The van der Waals surface area contributed by atoms with Crippen molar-refractivity contribution in [2.75, 3.05) is 20.3 Å². The molecule has 0 atom stereocenters. The molecule has 0 spiro atoms. The number of nitrogens with one attached hydrogen (secondary N) is 1. The van der Waals surface area contributed by atoms with Gasteiger partial charge in [-0.05, 0) is 12.1 Å². The van der Waals surface area contributed by atoms with Crippen LogP contribution in [0.5, 0.6) is 5.75 Å². The molecule has 2 heterocycles. The van der Waals surface area contributed by atoms with Crippen LogP contribution in [0.2, 0.25) is 0 Å². The van der Waals surface area contributed by atoms with E-state index in [0.29, 0.717) is 13.2 Å². The number of rotatable bonds is 8. The largest absolute Gasteiger partial charge is 0.486 e. The van der Waals surface area contributed by atoms with Crippen LogP contribution in [0.3, 0.4) is 0 Å². The fourth-order valence-electron chi connectivity index (χ4n) is 1.67. The Bertz CT molecular complexity index is 510. The van der Waals surface area contributed by atoms with Gasteiger partial charge in [-0.2, -0.15) is 0 Å². The molecule has 0 bridgehead atoms. The molecule has 0 saturated heterocycles. The summed E-state index contributed by atoms with van der Waals surface area (Å²) >= 11 is 0. The number of aromatic nitrogens is 3. The summed E-state index contributed by atoms with van der Waals surface area (Å²) in [5, 5.41) is 3.24. The third-order valence-corrected chi connectivity index (χ3v) is 2.89. The third-order valence-electron chi connectivity index (χ3n) is 2.89. The molecule has 0 fully saturated rings. The first-order valence-electron chi connectivity index (χ1n) is 6.52. The van der Waals surface area contributed by atoms with Gasteiger partial charge < -0.3 is 19.4 Å². The minimum Gasteiger partial charge on any atom is -0.486 e. The Morgan fingerprint density at radius 2 is 2.20 bits per heavy atom. The zero-order valence-electron chi connectivity index (χ0n) is 11.9. The summed E-state index contributed by atoms with van der Waals surface area (Å²) in [5.74, 6) is 0.756. The van der Waals surface area contributed by atoms with Crippen molar-refractivity contribution in [3.8, 4) is 5.75 Å². The summed E-state index contributed by atoms with van der Waals surface area (Å²) in [6.07, 6.45) is 5.29. The van der Waals surface area contributed by atoms with Crippen LogP contribution in [0, 0.1) is 0 Å². The summed E-state index contributed by atoms with van der Waals surface area (Å²) in [6.45, 7) is 2.73. The zero-order chi connectivity index (χ0) is 14.2. The van der Waals surface area contributed by atoms with Gasteiger partial charge >= 0.3 is 0 Å². The van der Waals surface area contributed by atoms with E-state index in [0.717, 1.165) is 30.2 Å². The Labute approximate surface area is 118 Å². The van der Waals surface area contributed by atoms with E-state index in [9.17, 15) is 0 Å². The van der Waals surface area contributed by atoms with Gasteiger partial charge in [0, 0.05) is 27.2 Å². The third kappa shape index (κ3) is 4.32. The predicted octanol–water partition coefficient (Wildman–Crippen LogP) is 1.13. The van der Waals surface area contributed by atoms with Gasteiger partial charge in [-0.1, -0.05) is 0 Å². The molecule has 0 aromatic carbocycles. The average molecular weight is 276 g/mol. The Balaban J connectivity index is 1.78. The van der Waals surface area contributed by atoms with E-state index in [2.05, 4.69) is 15.3 Å². The molecule has 1 N–H and O–H groups in total. The molecule has 6 nitrogen and oxygen atoms in total. The van der Waals surface area contributed by atoms with E-state index in [1.54, 1.807) is 25.8 Å². The SMILES string of the molecule is COCCNCc1ccc(OCc2cncn2C)cn1. The molecule has 20 heavy (non-hydrogen) atoms. The molecule has 0 saturated carbocycles. The molecule has 108 valence electrons. The molecule has 2 aromatic rings. The van der Waals surface area contributed by atoms with E-state index in [1.807, 2.05) is 23.7 Å². The van der Waals surface area contributed by atoms with Gasteiger partial charge in [-0.3, -0.25) is 4.98 Å². The van der Waals surface area contributed by atoms with Crippen molar-refractivity contribution in [1.82, 2.24) is 19.9 Å². The number of pyridine rings is 1. The first-order chi connectivity index (χ1) is 9.79. The fraction of sp³-hybridized carbons (Fsp3) is 0.429. The monoisotopic (exact) mass is 276 g/mol. The molecule has 2 aromatic heterocycles. The van der Waals surface area contributed by atoms with Crippen LogP contribution in [0.15, 0.2) is 30.9 Å². The lowest BCUT2D eigenvalue weighted by Crippen LogP contribution is -2.19. The fourth-order valence-corrected chi connectivity index (χ4v) is 1.67. The van der Waals surface area contributed by atoms with Crippen molar-refractivity contribution in [2.45, 2.75) is 13.2 Å². The van der Waals surface area contributed by atoms with Crippen LogP contribution >= 0.6 is 0 Å². The van der Waals surface area contributed by atoms with Gasteiger partial charge in [0.2, 0.25) is 0 Å². The van der Waals surface area contributed by atoms with E-state index in [1.165, 1.54) is 0 Å². The Morgan fingerprint density at radius 1 is 1.30 bits per heavy atom. The minimum atomic E-state index is 0.490. The second-order valence-electron chi connectivity index (χ2n) is 4.44. The van der Waals surface area contributed by atoms with Crippen molar-refractivity contribution >= 4 is 0 Å². The number of methoxy groups -OCH3 is 1. The quantitative estimate of drug-likeness (QED) is 0.732. The van der Waals surface area contributed by atoms with Gasteiger partial charge in [0.25, 0.3) is 0 Å². The Hall–Kier alpha value is -1.92. The number of nitrogens with zero attached hydrogens (tertiary/aromatic N) is 3. The predicted molar refractivity (Wildman–Crippen MR) is 75.4 cm³/mol. The molecule has 2 rings (SSSR count). The smallest absolute Gasteiger partial charge is 0.138 e. The molecule has 0 aliphatic carbocycles. The number of imidazole rings is 1. The summed E-state index contributed by atoms with van der Waals surface area (Å²) in [7, 11) is 3.63. The van der Waals surface area contributed by atoms with Crippen molar-refractivity contribution < 1.29 is 9.47 Å². The molecular formula is C14H20N4O2. The summed E-state index contributed by atoms with van der Waals surface area (Å²) in [5.41, 5.74) is 2.00. The standard InChI is InChI=1S/C14H20N4O2/c1-18-11-16-8-13(18)10-20-14-4-3-12(17-9-14)7-15-5-6-19-2/h3-4,8-9,11,15H,5-7,10H2,1-2H3. The minimum absolute atomic E-state index is 0.490. The highest BCUT2D eigenvalue weighted by molar-refractivity contribution is 5.20. The maximum absolute atomic E-state index is 5.67. The second kappa shape index (κ2) is 7.62. The highest BCUT2D eigenvalue weighted by atomic mass is 16.5. The van der Waals surface area contributed by atoms with Crippen molar-refractivity contribution in [2.24, 2.45) is 7.05 Å². The van der Waals surface area contributed by atoms with Crippen molar-refractivity contribution in [1.29, 1.82) is 0 Å². The van der Waals surface area contributed by atoms with Crippen LogP contribution in [-0.4, -0.2) is 34.8 Å². The molecule has 6 heteroatoms. The molecule has 0 radical (unpaired) electrons. The first-order valence-corrected chi connectivity index (χ1v) is 6.52. The Morgan fingerprint density at radius 3 is 2.85 bits per heavy atom. The van der Waals surface area contributed by atoms with Crippen LogP contribution in [0.4, 0.5) is 0 Å². The number of hydrogen-bond donors (Lipinski definition) is 1. The van der Waals surface area contributed by atoms with Crippen LogP contribution in [0.1, 0.15) is 11.4 Å². The molecule has 0 amide bonds. The Kier molecular flexibility index (Phi) is 5.52. The molecule has 0 aliphatic rings. The lowest BCUT2D eigenvalue weighted by molar-refractivity contribution is 0.199. The average Bonchev–Trinajstić information content (AvgIpc) is 2.88. The van der Waals surface area contributed by atoms with Gasteiger partial charge in [0.1, 0.15) is 12.4 Å². The second-order valence-corrected chi connectivity index (χ2v) is 4.44. The lowest BCUT2D eigenvalue weighted by Gasteiger charge is -2.07. The summed E-state index contributed by atoms with van der Waals surface area (Å²) in [6, 6.07) is 3.88. The normalized spacial score (nSPS) is 10.7.